The van der Waals surface area contributed by atoms with Crippen molar-refractivity contribution in [2.24, 2.45) is 0 Å². The van der Waals surface area contributed by atoms with E-state index in [0.29, 0.717) is 24.0 Å². The number of rotatable bonds is 6. The Kier molecular flexibility index (Phi) is 5.76. The van der Waals surface area contributed by atoms with E-state index in [0.717, 1.165) is 24.2 Å². The van der Waals surface area contributed by atoms with Crippen molar-refractivity contribution in [3.8, 4) is 5.82 Å². The summed E-state index contributed by atoms with van der Waals surface area (Å²) in [6.45, 7) is 4.22. The maximum absolute atomic E-state index is 12.5. The number of aromatic nitrogens is 5. The molecule has 0 radical (unpaired) electrons. The molecule has 0 bridgehead atoms. The van der Waals surface area contributed by atoms with Crippen molar-refractivity contribution in [2.45, 2.75) is 20.0 Å². The van der Waals surface area contributed by atoms with Gasteiger partial charge in [0.2, 0.25) is 0 Å². The summed E-state index contributed by atoms with van der Waals surface area (Å²) in [5.74, 6) is 2.08. The number of alkyl halides is 3. The summed E-state index contributed by atoms with van der Waals surface area (Å²) in [7, 11) is 0. The van der Waals surface area contributed by atoms with Crippen LogP contribution in [-0.4, -0.2) is 43.5 Å². The summed E-state index contributed by atoms with van der Waals surface area (Å²) in [4.78, 5) is 28.1. The Morgan fingerprint density at radius 2 is 1.93 bits per heavy atom. The molecule has 3 rings (SSSR count). The molecule has 0 aliphatic rings. The summed E-state index contributed by atoms with van der Waals surface area (Å²) in [6.07, 6.45) is -0.174. The van der Waals surface area contributed by atoms with Crippen LogP contribution in [-0.2, 0) is 6.18 Å². The molecule has 29 heavy (non-hydrogen) atoms. The zero-order chi connectivity index (χ0) is 21.0. The largest absolute Gasteiger partial charge is 0.433 e. The van der Waals surface area contributed by atoms with Crippen molar-refractivity contribution in [3.05, 3.63) is 59.7 Å². The quantitative estimate of drug-likeness (QED) is 0.612. The van der Waals surface area contributed by atoms with Crippen LogP contribution in [0.4, 0.5) is 19.0 Å². The highest BCUT2D eigenvalue weighted by Crippen LogP contribution is 2.27. The summed E-state index contributed by atoms with van der Waals surface area (Å²) in [5.41, 5.74) is -0.993. The van der Waals surface area contributed by atoms with Gasteiger partial charge in [0.1, 0.15) is 29.0 Å². The fourth-order valence-corrected chi connectivity index (χ4v) is 2.55. The number of hydrogen-bond donors (Lipinski definition) is 2. The SMILES string of the molecule is Cc1nc(NCCNC(=O)c2ccc(C(F)(F)F)nc2)cc(-n2ccnc2C)n1. The van der Waals surface area contributed by atoms with E-state index in [1.165, 1.54) is 0 Å². The Morgan fingerprint density at radius 1 is 1.14 bits per heavy atom. The number of hydrogen-bond acceptors (Lipinski definition) is 6. The maximum atomic E-state index is 12.5. The van der Waals surface area contributed by atoms with Crippen molar-refractivity contribution < 1.29 is 18.0 Å². The first-order valence-electron chi connectivity index (χ1n) is 8.65. The van der Waals surface area contributed by atoms with Gasteiger partial charge < -0.3 is 10.6 Å². The van der Waals surface area contributed by atoms with Crippen molar-refractivity contribution in [2.75, 3.05) is 18.4 Å². The predicted molar refractivity (Wildman–Crippen MR) is 98.7 cm³/mol. The number of pyridine rings is 1. The second kappa shape index (κ2) is 8.25. The lowest BCUT2D eigenvalue weighted by molar-refractivity contribution is -0.141. The molecule has 152 valence electrons. The van der Waals surface area contributed by atoms with Crippen molar-refractivity contribution in [1.82, 2.24) is 29.8 Å². The topological polar surface area (TPSA) is 97.6 Å². The van der Waals surface area contributed by atoms with E-state index < -0.39 is 17.8 Å². The molecule has 3 heterocycles. The lowest BCUT2D eigenvalue weighted by Gasteiger charge is -2.11. The van der Waals surface area contributed by atoms with Gasteiger partial charge in [0.25, 0.3) is 5.91 Å². The first-order valence-corrected chi connectivity index (χ1v) is 8.65. The van der Waals surface area contributed by atoms with Crippen LogP contribution in [0.3, 0.4) is 0 Å². The molecule has 8 nitrogen and oxygen atoms in total. The molecule has 0 atom stereocenters. The first kappa shape index (κ1) is 20.2. The smallest absolute Gasteiger partial charge is 0.368 e. The Morgan fingerprint density at radius 3 is 2.55 bits per heavy atom. The van der Waals surface area contributed by atoms with Crippen LogP contribution < -0.4 is 10.6 Å². The molecule has 3 aromatic rings. The summed E-state index contributed by atoms with van der Waals surface area (Å²) < 4.78 is 39.4. The molecule has 2 N–H and O–H groups in total. The number of aryl methyl sites for hydroxylation is 2. The number of carbonyl (C=O) groups is 1. The van der Waals surface area contributed by atoms with Gasteiger partial charge in [-0.2, -0.15) is 13.2 Å². The molecule has 0 saturated heterocycles. The molecule has 11 heteroatoms. The highest BCUT2D eigenvalue weighted by molar-refractivity contribution is 5.93. The highest BCUT2D eigenvalue weighted by atomic mass is 19.4. The van der Waals surface area contributed by atoms with E-state index in [-0.39, 0.29) is 12.1 Å². The van der Waals surface area contributed by atoms with Crippen molar-refractivity contribution in [3.63, 3.8) is 0 Å². The van der Waals surface area contributed by atoms with Crippen LogP contribution in [0.15, 0.2) is 36.8 Å². The van der Waals surface area contributed by atoms with Gasteiger partial charge in [0.15, 0.2) is 0 Å². The Hall–Kier alpha value is -3.50. The molecule has 0 aliphatic carbocycles. The fourth-order valence-electron chi connectivity index (χ4n) is 2.55. The Labute approximate surface area is 164 Å². The van der Waals surface area contributed by atoms with Crippen LogP contribution in [0.2, 0.25) is 0 Å². The number of carbonyl (C=O) groups excluding carboxylic acids is 1. The molecule has 0 spiro atoms. The van der Waals surface area contributed by atoms with Crippen molar-refractivity contribution in [1.29, 1.82) is 0 Å². The molecule has 0 aromatic carbocycles. The molecule has 0 aliphatic heterocycles. The van der Waals surface area contributed by atoms with E-state index in [2.05, 4.69) is 30.6 Å². The fraction of sp³-hybridized carbons (Fsp3) is 0.278. The second-order valence-electron chi connectivity index (χ2n) is 6.12. The average Bonchev–Trinajstić information content (AvgIpc) is 3.10. The molecule has 0 unspecified atom stereocenters. The van der Waals surface area contributed by atoms with E-state index in [4.69, 9.17) is 0 Å². The zero-order valence-electron chi connectivity index (χ0n) is 15.7. The summed E-state index contributed by atoms with van der Waals surface area (Å²) >= 11 is 0. The van der Waals surface area contributed by atoms with E-state index in [1.54, 1.807) is 25.4 Å². The monoisotopic (exact) mass is 405 g/mol. The minimum absolute atomic E-state index is 0.0498. The van der Waals surface area contributed by atoms with E-state index >= 15 is 0 Å². The van der Waals surface area contributed by atoms with Crippen LogP contribution in [0, 0.1) is 13.8 Å². The third kappa shape index (κ3) is 5.06. The number of imidazole rings is 1. The average molecular weight is 405 g/mol. The van der Waals surface area contributed by atoms with Gasteiger partial charge in [-0.15, -0.1) is 0 Å². The number of nitrogens with zero attached hydrogens (tertiary/aromatic N) is 5. The number of halogens is 3. The Balaban J connectivity index is 1.55. The van der Waals surface area contributed by atoms with E-state index in [9.17, 15) is 18.0 Å². The minimum Gasteiger partial charge on any atom is -0.368 e. The van der Waals surface area contributed by atoms with Crippen molar-refractivity contribution >= 4 is 11.7 Å². The van der Waals surface area contributed by atoms with Gasteiger partial charge in [-0.1, -0.05) is 0 Å². The zero-order valence-corrected chi connectivity index (χ0v) is 15.7. The third-order valence-electron chi connectivity index (χ3n) is 3.93. The Bertz CT molecular complexity index is 999. The second-order valence-corrected chi connectivity index (χ2v) is 6.12. The van der Waals surface area contributed by atoms with Gasteiger partial charge in [-0.05, 0) is 26.0 Å². The summed E-state index contributed by atoms with van der Waals surface area (Å²) in [6, 6.07) is 3.62. The van der Waals surface area contributed by atoms with Gasteiger partial charge in [0.05, 0.1) is 5.56 Å². The number of anilines is 1. The van der Waals surface area contributed by atoms with Gasteiger partial charge in [-0.3, -0.25) is 14.3 Å². The normalized spacial score (nSPS) is 11.3. The molecular weight excluding hydrogens is 387 g/mol. The van der Waals surface area contributed by atoms with E-state index in [1.807, 2.05) is 11.5 Å². The summed E-state index contributed by atoms with van der Waals surface area (Å²) in [5, 5.41) is 5.69. The number of amides is 1. The standard InChI is InChI=1S/C18H18F3N7O/c1-11-26-15(9-16(27-11)28-8-7-22-12(28)2)23-5-6-24-17(29)13-3-4-14(25-10-13)18(19,20)21/h3-4,7-10H,5-6H2,1-2H3,(H,24,29)(H,23,26,27). The lowest BCUT2D eigenvalue weighted by Crippen LogP contribution is -2.29. The first-order chi connectivity index (χ1) is 13.7. The van der Waals surface area contributed by atoms with Gasteiger partial charge in [0, 0.05) is 37.7 Å². The van der Waals surface area contributed by atoms with Gasteiger partial charge >= 0.3 is 6.18 Å². The highest BCUT2D eigenvalue weighted by Gasteiger charge is 2.32. The third-order valence-corrected chi connectivity index (χ3v) is 3.93. The molecule has 0 fully saturated rings. The predicted octanol–water partition coefficient (Wildman–Crippen LogP) is 2.53. The van der Waals surface area contributed by atoms with Crippen LogP contribution >= 0.6 is 0 Å². The molecular formula is C18H18F3N7O. The van der Waals surface area contributed by atoms with Crippen LogP contribution in [0.1, 0.15) is 27.7 Å². The molecule has 3 aromatic heterocycles. The van der Waals surface area contributed by atoms with Crippen LogP contribution in [0.25, 0.3) is 5.82 Å². The number of nitrogens with one attached hydrogen (secondary N) is 2. The molecule has 0 saturated carbocycles. The van der Waals surface area contributed by atoms with Crippen LogP contribution in [0.5, 0.6) is 0 Å². The lowest BCUT2D eigenvalue weighted by atomic mass is 10.2. The van der Waals surface area contributed by atoms with Gasteiger partial charge in [-0.25, -0.2) is 15.0 Å². The maximum Gasteiger partial charge on any atom is 0.433 e. The minimum atomic E-state index is -4.54. The molecule has 1 amide bonds.